The van der Waals surface area contributed by atoms with Gasteiger partial charge in [0.15, 0.2) is 5.82 Å². The van der Waals surface area contributed by atoms with Gasteiger partial charge in [-0.3, -0.25) is 4.79 Å². The van der Waals surface area contributed by atoms with Crippen molar-refractivity contribution in [2.75, 3.05) is 18.0 Å². The summed E-state index contributed by atoms with van der Waals surface area (Å²) < 4.78 is 16.1. The van der Waals surface area contributed by atoms with E-state index in [1.165, 1.54) is 0 Å². The predicted octanol–water partition coefficient (Wildman–Crippen LogP) is 2.03. The number of hydrogen-bond acceptors (Lipinski definition) is 4. The Kier molecular flexibility index (Phi) is 3.14. The zero-order valence-corrected chi connectivity index (χ0v) is 14.6. The van der Waals surface area contributed by atoms with E-state index in [0.29, 0.717) is 6.42 Å². The van der Waals surface area contributed by atoms with Gasteiger partial charge < -0.3 is 9.80 Å². The molecule has 24 heavy (non-hydrogen) atoms. The smallest absolute Gasteiger partial charge is 0.229 e. The van der Waals surface area contributed by atoms with Gasteiger partial charge in [-0.2, -0.15) is 5.10 Å². The molecule has 0 radical (unpaired) electrons. The Bertz CT molecular complexity index is 812. The molecule has 2 saturated heterocycles. The number of amides is 1. The molecule has 1 saturated carbocycles. The van der Waals surface area contributed by atoms with E-state index in [9.17, 15) is 9.18 Å². The van der Waals surface area contributed by atoms with Crippen molar-refractivity contribution in [3.8, 4) is 0 Å². The summed E-state index contributed by atoms with van der Waals surface area (Å²) in [7, 11) is 0. The van der Waals surface area contributed by atoms with Crippen molar-refractivity contribution >= 4 is 33.2 Å². The van der Waals surface area contributed by atoms with E-state index >= 15 is 0 Å². The highest BCUT2D eigenvalue weighted by atomic mass is 79.9. The minimum absolute atomic E-state index is 0.0212. The summed E-state index contributed by atoms with van der Waals surface area (Å²) in [4.78, 5) is 21.2. The van der Waals surface area contributed by atoms with Gasteiger partial charge in [-0.1, -0.05) is 0 Å². The van der Waals surface area contributed by atoms with Crippen LogP contribution >= 0.6 is 15.9 Å². The Morgan fingerprint density at radius 2 is 2.00 bits per heavy atom. The number of carbonyl (C=O) groups excluding carboxylic acids is 1. The average Bonchev–Trinajstić information content (AvgIpc) is 3.07. The molecule has 2 bridgehead atoms. The largest absolute Gasteiger partial charge is 0.351 e. The lowest BCUT2D eigenvalue weighted by Gasteiger charge is -2.41. The Morgan fingerprint density at radius 3 is 2.67 bits per heavy atom. The number of nitrogens with zero attached hydrogens (tertiary/aromatic N) is 5. The molecule has 8 heteroatoms. The van der Waals surface area contributed by atoms with E-state index in [2.05, 4.69) is 30.9 Å². The monoisotopic (exact) mass is 393 g/mol. The summed E-state index contributed by atoms with van der Waals surface area (Å²) in [6, 6.07) is 2.34. The summed E-state index contributed by atoms with van der Waals surface area (Å²) in [6.07, 6.45) is 4.93. The van der Waals surface area contributed by atoms with Crippen molar-refractivity contribution in [1.82, 2.24) is 19.5 Å². The van der Waals surface area contributed by atoms with Crippen LogP contribution in [0.5, 0.6) is 0 Å². The number of alkyl halides is 1. The fraction of sp³-hybridized carbons (Fsp3) is 0.562. The highest BCUT2D eigenvalue weighted by Crippen LogP contribution is 2.41. The van der Waals surface area contributed by atoms with Crippen molar-refractivity contribution < 1.29 is 9.18 Å². The van der Waals surface area contributed by atoms with Crippen LogP contribution in [0.15, 0.2) is 23.1 Å². The van der Waals surface area contributed by atoms with E-state index in [-0.39, 0.29) is 23.9 Å². The van der Waals surface area contributed by atoms with Crippen molar-refractivity contribution in [2.24, 2.45) is 5.92 Å². The standard InChI is InChI=1S/C16H17BrFN5O/c17-9-3-14-15(19-8-20-22(14)5-9)21-6-10-1-2-11(7-21)23(10)16(24)12-4-13(12)18/h3,5,8,10-13H,1-2,4,6-7H2/t10?,11?,12-,13-/m1/s1. The molecule has 1 amide bonds. The Morgan fingerprint density at radius 1 is 1.29 bits per heavy atom. The highest BCUT2D eigenvalue weighted by molar-refractivity contribution is 9.10. The highest BCUT2D eigenvalue weighted by Gasteiger charge is 2.51. The van der Waals surface area contributed by atoms with E-state index in [1.807, 2.05) is 21.7 Å². The molecule has 4 atom stereocenters. The quantitative estimate of drug-likeness (QED) is 0.783. The summed E-state index contributed by atoms with van der Waals surface area (Å²) >= 11 is 3.48. The van der Waals surface area contributed by atoms with Crippen LogP contribution in [0.4, 0.5) is 10.2 Å². The first-order valence-corrected chi connectivity index (χ1v) is 9.11. The SMILES string of the molecule is O=C([C@@H]1C[C@H]1F)N1C2CCC1CN(c1ncnn3cc(Br)cc13)C2. The van der Waals surface area contributed by atoms with E-state index in [4.69, 9.17) is 0 Å². The molecule has 3 aliphatic rings. The maximum Gasteiger partial charge on any atom is 0.229 e. The minimum atomic E-state index is -0.922. The third kappa shape index (κ3) is 2.15. The number of hydrogen-bond donors (Lipinski definition) is 0. The first kappa shape index (κ1) is 14.6. The van der Waals surface area contributed by atoms with Gasteiger partial charge in [-0.05, 0) is 41.3 Å². The molecule has 2 aromatic heterocycles. The van der Waals surface area contributed by atoms with Gasteiger partial charge in [0, 0.05) is 35.8 Å². The Balaban J connectivity index is 1.43. The molecule has 2 unspecified atom stereocenters. The predicted molar refractivity (Wildman–Crippen MR) is 89.6 cm³/mol. The number of rotatable bonds is 2. The first-order chi connectivity index (χ1) is 11.6. The molecule has 5 rings (SSSR count). The van der Waals surface area contributed by atoms with Crippen LogP contribution in [0.25, 0.3) is 5.52 Å². The zero-order chi connectivity index (χ0) is 16.4. The van der Waals surface area contributed by atoms with E-state index in [1.54, 1.807) is 6.33 Å². The molecule has 2 aliphatic heterocycles. The van der Waals surface area contributed by atoms with E-state index < -0.39 is 6.17 Å². The molecular weight excluding hydrogens is 377 g/mol. The lowest BCUT2D eigenvalue weighted by molar-refractivity contribution is -0.136. The maximum atomic E-state index is 13.3. The molecular formula is C16H17BrFN5O. The topological polar surface area (TPSA) is 53.7 Å². The third-order valence-electron chi connectivity index (χ3n) is 5.42. The van der Waals surface area contributed by atoms with Crippen molar-refractivity contribution in [1.29, 1.82) is 0 Å². The van der Waals surface area contributed by atoms with Crippen LogP contribution in [-0.4, -0.2) is 56.8 Å². The Labute approximate surface area is 146 Å². The molecule has 3 fully saturated rings. The molecule has 1 aliphatic carbocycles. The summed E-state index contributed by atoms with van der Waals surface area (Å²) in [5, 5.41) is 4.24. The second-order valence-corrected chi connectivity index (χ2v) is 7.88. The van der Waals surface area contributed by atoms with E-state index in [0.717, 1.165) is 41.7 Å². The molecule has 4 heterocycles. The summed E-state index contributed by atoms with van der Waals surface area (Å²) in [5.41, 5.74) is 0.953. The number of carbonyl (C=O) groups is 1. The second-order valence-electron chi connectivity index (χ2n) is 6.97. The zero-order valence-electron chi connectivity index (χ0n) is 13.0. The van der Waals surface area contributed by atoms with Gasteiger partial charge in [0.1, 0.15) is 18.0 Å². The average molecular weight is 394 g/mol. The van der Waals surface area contributed by atoms with Crippen LogP contribution in [0.1, 0.15) is 19.3 Å². The van der Waals surface area contributed by atoms with Crippen molar-refractivity contribution in [2.45, 2.75) is 37.5 Å². The van der Waals surface area contributed by atoms with Crippen molar-refractivity contribution in [3.05, 3.63) is 23.1 Å². The van der Waals surface area contributed by atoms with Crippen LogP contribution in [0.2, 0.25) is 0 Å². The molecule has 6 nitrogen and oxygen atoms in total. The van der Waals surface area contributed by atoms with Gasteiger partial charge in [0.2, 0.25) is 5.91 Å². The lowest BCUT2D eigenvalue weighted by Crippen LogP contribution is -2.56. The maximum absolute atomic E-state index is 13.3. The normalized spacial score (nSPS) is 31.8. The fourth-order valence-electron chi connectivity index (χ4n) is 4.18. The lowest BCUT2D eigenvalue weighted by atomic mass is 10.1. The number of aromatic nitrogens is 3. The van der Waals surface area contributed by atoms with Gasteiger partial charge in [0.05, 0.1) is 5.92 Å². The van der Waals surface area contributed by atoms with Gasteiger partial charge in [0.25, 0.3) is 0 Å². The second kappa shape index (κ2) is 5.15. The first-order valence-electron chi connectivity index (χ1n) is 8.32. The van der Waals surface area contributed by atoms with Gasteiger partial charge >= 0.3 is 0 Å². The molecule has 0 N–H and O–H groups in total. The van der Waals surface area contributed by atoms with Crippen molar-refractivity contribution in [3.63, 3.8) is 0 Å². The molecule has 0 aromatic carbocycles. The number of fused-ring (bicyclic) bond motifs is 3. The number of anilines is 1. The minimum Gasteiger partial charge on any atom is -0.351 e. The fourth-order valence-corrected chi connectivity index (χ4v) is 4.59. The molecule has 126 valence electrons. The van der Waals surface area contributed by atoms with Gasteiger partial charge in [-0.25, -0.2) is 13.9 Å². The number of piperazine rings is 1. The van der Waals surface area contributed by atoms with Crippen LogP contribution < -0.4 is 4.90 Å². The number of halogens is 2. The summed E-state index contributed by atoms with van der Waals surface area (Å²) in [6.45, 7) is 1.50. The third-order valence-corrected chi connectivity index (χ3v) is 5.85. The molecule has 0 spiro atoms. The van der Waals surface area contributed by atoms with Crippen LogP contribution in [0.3, 0.4) is 0 Å². The van der Waals surface area contributed by atoms with Crippen LogP contribution in [-0.2, 0) is 4.79 Å². The van der Waals surface area contributed by atoms with Crippen LogP contribution in [0, 0.1) is 5.92 Å². The van der Waals surface area contributed by atoms with Gasteiger partial charge in [-0.15, -0.1) is 0 Å². The Hall–Kier alpha value is -1.70. The summed E-state index contributed by atoms with van der Waals surface area (Å²) in [5.74, 6) is 0.536. The molecule has 2 aromatic rings.